The van der Waals surface area contributed by atoms with Crippen molar-refractivity contribution in [3.8, 4) is 0 Å². The molecular formula is C20H25N3O7S. The van der Waals surface area contributed by atoms with E-state index in [1.165, 1.54) is 11.8 Å². The van der Waals surface area contributed by atoms with E-state index in [9.17, 15) is 24.3 Å². The smallest absolute Gasteiger partial charge is 0.322 e. The van der Waals surface area contributed by atoms with Crippen LogP contribution in [0.15, 0.2) is 30.3 Å². The predicted molar refractivity (Wildman–Crippen MR) is 114 cm³/mol. The molecule has 0 spiro atoms. The van der Waals surface area contributed by atoms with Gasteiger partial charge in [-0.3, -0.25) is 19.2 Å². The molecule has 4 atom stereocenters. The molecule has 0 fully saturated rings. The van der Waals surface area contributed by atoms with Crippen molar-refractivity contribution in [2.75, 3.05) is 12.3 Å². The van der Waals surface area contributed by atoms with E-state index in [0.29, 0.717) is 0 Å². The van der Waals surface area contributed by atoms with E-state index in [-0.39, 0.29) is 23.8 Å². The summed E-state index contributed by atoms with van der Waals surface area (Å²) in [5.74, 6) is -3.69. The normalized spacial score (nSPS) is 19.0. The van der Waals surface area contributed by atoms with Crippen molar-refractivity contribution in [1.29, 1.82) is 0 Å². The largest absolute Gasteiger partial charge is 0.480 e. The fourth-order valence-electron chi connectivity index (χ4n) is 2.91. The van der Waals surface area contributed by atoms with Crippen LogP contribution in [-0.2, 0) is 19.2 Å². The number of thioether (sulfide) groups is 1. The fraction of sp³-hybridized carbons (Fsp3) is 0.400. The van der Waals surface area contributed by atoms with E-state index in [1.54, 1.807) is 6.08 Å². The second-order valence-electron chi connectivity index (χ2n) is 6.95. The van der Waals surface area contributed by atoms with Gasteiger partial charge in [-0.15, -0.1) is 11.8 Å². The van der Waals surface area contributed by atoms with Gasteiger partial charge in [0.2, 0.25) is 11.8 Å². The highest BCUT2D eigenvalue weighted by Gasteiger charge is 2.28. The lowest BCUT2D eigenvalue weighted by molar-refractivity contribution is -0.139. The van der Waals surface area contributed by atoms with Gasteiger partial charge in [0.05, 0.1) is 11.4 Å². The lowest BCUT2D eigenvalue weighted by Gasteiger charge is -2.27. The van der Waals surface area contributed by atoms with Crippen molar-refractivity contribution in [2.24, 2.45) is 5.73 Å². The summed E-state index contributed by atoms with van der Waals surface area (Å²) in [6.45, 7) is -0.612. The van der Waals surface area contributed by atoms with Crippen molar-refractivity contribution in [1.82, 2.24) is 10.6 Å². The van der Waals surface area contributed by atoms with Crippen molar-refractivity contribution < 1.29 is 34.5 Å². The molecule has 11 heteroatoms. The Balaban J connectivity index is 2.00. The van der Waals surface area contributed by atoms with Crippen molar-refractivity contribution in [3.63, 3.8) is 0 Å². The van der Waals surface area contributed by atoms with Crippen LogP contribution in [0, 0.1) is 0 Å². The molecule has 0 bridgehead atoms. The number of fused-ring (bicyclic) bond motifs is 1. The number of aliphatic hydroxyl groups is 1. The molecule has 0 unspecified atom stereocenters. The van der Waals surface area contributed by atoms with Gasteiger partial charge in [-0.1, -0.05) is 36.4 Å². The summed E-state index contributed by atoms with van der Waals surface area (Å²) in [5.41, 5.74) is 7.03. The van der Waals surface area contributed by atoms with Gasteiger partial charge in [-0.2, -0.15) is 0 Å². The minimum atomic E-state index is -1.24. The third-order valence-electron chi connectivity index (χ3n) is 4.61. The zero-order valence-electron chi connectivity index (χ0n) is 16.6. The van der Waals surface area contributed by atoms with Gasteiger partial charge in [0.25, 0.3) is 0 Å². The minimum absolute atomic E-state index is 0.0659. The molecular weight excluding hydrogens is 426 g/mol. The molecule has 31 heavy (non-hydrogen) atoms. The molecule has 168 valence electrons. The summed E-state index contributed by atoms with van der Waals surface area (Å²) >= 11 is 1.23. The Morgan fingerprint density at radius 2 is 1.87 bits per heavy atom. The number of aliphatic carboxylic acids is 2. The molecule has 2 rings (SSSR count). The highest BCUT2D eigenvalue weighted by Crippen LogP contribution is 2.34. The molecule has 0 heterocycles. The number of rotatable bonds is 11. The van der Waals surface area contributed by atoms with Gasteiger partial charge in [-0.05, 0) is 17.5 Å². The van der Waals surface area contributed by atoms with E-state index in [0.717, 1.165) is 11.1 Å². The number of benzene rings is 1. The molecule has 1 aliphatic rings. The average molecular weight is 452 g/mol. The highest BCUT2D eigenvalue weighted by molar-refractivity contribution is 8.00. The van der Waals surface area contributed by atoms with E-state index in [2.05, 4.69) is 10.6 Å². The quantitative estimate of drug-likeness (QED) is 0.264. The number of carbonyl (C=O) groups excluding carboxylic acids is 2. The fourth-order valence-corrected chi connectivity index (χ4v) is 4.08. The van der Waals surface area contributed by atoms with Crippen LogP contribution in [0.25, 0.3) is 6.08 Å². The lowest BCUT2D eigenvalue weighted by atomic mass is 9.95. The van der Waals surface area contributed by atoms with Crippen LogP contribution in [0.5, 0.6) is 0 Å². The topological polar surface area (TPSA) is 179 Å². The highest BCUT2D eigenvalue weighted by atomic mass is 32.2. The number of hydrogen-bond donors (Lipinski definition) is 6. The van der Waals surface area contributed by atoms with Gasteiger partial charge < -0.3 is 31.7 Å². The Hall–Kier alpha value is -2.89. The molecule has 0 radical (unpaired) electrons. The molecule has 7 N–H and O–H groups in total. The van der Waals surface area contributed by atoms with Crippen LogP contribution in [0.1, 0.15) is 30.1 Å². The lowest BCUT2D eigenvalue weighted by Crippen LogP contribution is -2.49. The molecule has 2 amide bonds. The summed E-state index contributed by atoms with van der Waals surface area (Å²) in [7, 11) is 0. The minimum Gasteiger partial charge on any atom is -0.480 e. The molecule has 0 aromatic heterocycles. The van der Waals surface area contributed by atoms with Gasteiger partial charge in [0.15, 0.2) is 0 Å². The van der Waals surface area contributed by atoms with E-state index in [1.807, 2.05) is 30.3 Å². The molecule has 1 aromatic rings. The third-order valence-corrected chi connectivity index (χ3v) is 5.94. The Labute approximate surface area is 182 Å². The molecule has 10 nitrogen and oxygen atoms in total. The van der Waals surface area contributed by atoms with Crippen LogP contribution in [0.4, 0.5) is 0 Å². The summed E-state index contributed by atoms with van der Waals surface area (Å²) in [6, 6.07) is 5.07. The maximum absolute atomic E-state index is 12.4. The number of nitrogens with one attached hydrogen (secondary N) is 2. The first-order valence-corrected chi connectivity index (χ1v) is 10.6. The second kappa shape index (κ2) is 11.5. The first-order chi connectivity index (χ1) is 14.7. The Morgan fingerprint density at radius 3 is 2.55 bits per heavy atom. The molecule has 0 saturated heterocycles. The van der Waals surface area contributed by atoms with Crippen LogP contribution in [0.2, 0.25) is 0 Å². The van der Waals surface area contributed by atoms with Gasteiger partial charge in [-0.25, -0.2) is 0 Å². The summed E-state index contributed by atoms with van der Waals surface area (Å²) in [4.78, 5) is 46.1. The zero-order valence-corrected chi connectivity index (χ0v) is 17.4. The van der Waals surface area contributed by atoms with Gasteiger partial charge in [0, 0.05) is 12.2 Å². The number of carboxylic acid groups (broad SMARTS) is 2. The SMILES string of the molecule is N[C@@H](CCC(=O)N[C@@H](CS[C@H]1C=Cc2ccccc2[C@@H]1O)C(=O)NCC(=O)O)C(=O)O. The number of hydrogen-bond acceptors (Lipinski definition) is 7. The predicted octanol–water partition coefficient (Wildman–Crippen LogP) is -0.274. The monoisotopic (exact) mass is 451 g/mol. The van der Waals surface area contributed by atoms with Crippen LogP contribution in [0.3, 0.4) is 0 Å². The first-order valence-electron chi connectivity index (χ1n) is 9.53. The summed E-state index contributed by atoms with van der Waals surface area (Å²) in [6.07, 6.45) is 2.54. The number of nitrogens with two attached hydrogens (primary N) is 1. The maximum Gasteiger partial charge on any atom is 0.322 e. The number of amides is 2. The van der Waals surface area contributed by atoms with Crippen molar-refractivity contribution in [2.45, 2.75) is 36.3 Å². The van der Waals surface area contributed by atoms with Gasteiger partial charge >= 0.3 is 11.9 Å². The Bertz CT molecular complexity index is 861. The van der Waals surface area contributed by atoms with Crippen LogP contribution < -0.4 is 16.4 Å². The Kier molecular flexibility index (Phi) is 9.03. The van der Waals surface area contributed by atoms with E-state index >= 15 is 0 Å². The summed E-state index contributed by atoms with van der Waals surface area (Å²) in [5, 5.41) is 32.5. The number of carbonyl (C=O) groups is 4. The molecule has 0 saturated carbocycles. The van der Waals surface area contributed by atoms with Crippen LogP contribution in [-0.4, -0.2) is 68.7 Å². The van der Waals surface area contributed by atoms with Crippen molar-refractivity contribution in [3.05, 3.63) is 41.5 Å². The average Bonchev–Trinajstić information content (AvgIpc) is 2.74. The number of aliphatic hydroxyl groups excluding tert-OH is 1. The molecule has 1 aliphatic carbocycles. The van der Waals surface area contributed by atoms with Crippen molar-refractivity contribution >= 4 is 41.6 Å². The molecule has 1 aromatic carbocycles. The second-order valence-corrected chi connectivity index (χ2v) is 8.16. The van der Waals surface area contributed by atoms with E-state index < -0.39 is 48.5 Å². The first kappa shape index (κ1) is 24.4. The molecule has 0 aliphatic heterocycles. The standard InChI is InChI=1S/C20H25N3O7S/c21-13(20(29)30)6-8-16(24)23-14(19(28)22-9-17(25)26)10-31-15-7-5-11-3-1-2-4-12(11)18(15)27/h1-5,7,13-15,18,27H,6,8-10,21H2,(H,22,28)(H,23,24)(H,25,26)(H,29,30)/t13-,14-,15-,18-/m0/s1. The maximum atomic E-state index is 12.4. The summed E-state index contributed by atoms with van der Waals surface area (Å²) < 4.78 is 0. The zero-order chi connectivity index (χ0) is 23.0. The van der Waals surface area contributed by atoms with Gasteiger partial charge in [0.1, 0.15) is 18.6 Å². The Morgan fingerprint density at radius 1 is 1.16 bits per heavy atom. The third kappa shape index (κ3) is 7.39. The van der Waals surface area contributed by atoms with Crippen LogP contribution >= 0.6 is 11.8 Å². The van der Waals surface area contributed by atoms with E-state index in [4.69, 9.17) is 15.9 Å². The number of carboxylic acids is 2.